The molecule has 0 aliphatic carbocycles. The molecule has 0 N–H and O–H groups in total. The fraction of sp³-hybridized carbons (Fsp3) is 0.609. The number of hydrogen-bond acceptors (Lipinski definition) is 2. The van der Waals surface area contributed by atoms with E-state index in [1.807, 2.05) is 0 Å². The van der Waals surface area contributed by atoms with E-state index in [4.69, 9.17) is 9.47 Å². The Kier molecular flexibility index (Phi) is 12.5. The first-order valence-electron chi connectivity index (χ1n) is 20.6. The van der Waals surface area contributed by atoms with Crippen LogP contribution in [0.4, 0.5) is 0 Å². The van der Waals surface area contributed by atoms with Gasteiger partial charge in [-0.05, 0) is 65.5 Å². The molecule has 2 heterocycles. The van der Waals surface area contributed by atoms with Crippen molar-refractivity contribution in [3.63, 3.8) is 0 Å². The van der Waals surface area contributed by atoms with Gasteiger partial charge < -0.3 is 14.0 Å². The third-order valence-corrected chi connectivity index (χ3v) is 23.2. The molecule has 5 rings (SSSR count). The fourth-order valence-corrected chi connectivity index (χ4v) is 18.0. The van der Waals surface area contributed by atoms with Crippen LogP contribution in [0.15, 0.2) is 54.6 Å². The number of nitrogens with zero attached hydrogens (tertiary/aromatic N) is 1. The maximum atomic E-state index is 6.92. The molecule has 1 saturated heterocycles. The average Bonchev–Trinajstić information content (AvgIpc) is 3.40. The molecule has 0 bridgehead atoms. The quantitative estimate of drug-likeness (QED) is 0.114. The molecule has 0 saturated carbocycles. The molecule has 0 amide bonds. The van der Waals surface area contributed by atoms with Gasteiger partial charge in [-0.1, -0.05) is 167 Å². The average molecular weight is 726 g/mol. The number of rotatable bonds is 15. The molecule has 3 nitrogen and oxygen atoms in total. The number of fused-ring (bicyclic) bond motifs is 3. The van der Waals surface area contributed by atoms with Gasteiger partial charge in [-0.2, -0.15) is 0 Å². The summed E-state index contributed by atoms with van der Waals surface area (Å²) in [6, 6.07) is 26.2. The first-order valence-corrected chi connectivity index (χ1v) is 26.3. The van der Waals surface area contributed by atoms with E-state index in [1.165, 1.54) is 71.2 Å². The largest absolute Gasteiger partial charge is 0.463 e. The third-order valence-electron chi connectivity index (χ3n) is 12.5. The lowest BCUT2D eigenvalue weighted by Gasteiger charge is -2.34. The normalized spacial score (nSPS) is 17.9. The Morgan fingerprint density at radius 3 is 1.94 bits per heavy atom. The summed E-state index contributed by atoms with van der Waals surface area (Å²) in [5.74, 6) is 0.935. The molecular weight excluding hydrogens is 655 g/mol. The maximum Gasteiger partial charge on any atom is 0.199 e. The minimum atomic E-state index is -1.76. The highest BCUT2D eigenvalue weighted by Gasteiger charge is 2.35. The Morgan fingerprint density at radius 2 is 1.39 bits per heavy atom. The number of aromatic nitrogens is 1. The summed E-state index contributed by atoms with van der Waals surface area (Å²) in [5.41, 5.74) is 6.11. The van der Waals surface area contributed by atoms with Crippen molar-refractivity contribution in [3.8, 4) is 11.4 Å². The Balaban J connectivity index is 1.88. The molecule has 3 atom stereocenters. The van der Waals surface area contributed by atoms with Crippen molar-refractivity contribution in [1.82, 2.24) is 4.57 Å². The van der Waals surface area contributed by atoms with E-state index >= 15 is 0 Å². The summed E-state index contributed by atoms with van der Waals surface area (Å²) in [6.07, 6.45) is 9.04. The van der Waals surface area contributed by atoms with Crippen molar-refractivity contribution in [2.45, 2.75) is 169 Å². The van der Waals surface area contributed by atoms with Gasteiger partial charge in [0.25, 0.3) is 0 Å². The van der Waals surface area contributed by atoms with Crippen molar-refractivity contribution >= 4 is 48.3 Å². The van der Waals surface area contributed by atoms with Gasteiger partial charge in [0.15, 0.2) is 6.29 Å². The highest BCUT2D eigenvalue weighted by Crippen LogP contribution is 2.42. The van der Waals surface area contributed by atoms with Gasteiger partial charge in [0, 0.05) is 17.2 Å². The Morgan fingerprint density at radius 1 is 0.784 bits per heavy atom. The smallest absolute Gasteiger partial charge is 0.199 e. The van der Waals surface area contributed by atoms with E-state index in [0.717, 1.165) is 49.3 Å². The van der Waals surface area contributed by atoms with E-state index < -0.39 is 16.1 Å². The van der Waals surface area contributed by atoms with Crippen molar-refractivity contribution in [3.05, 3.63) is 60.2 Å². The van der Waals surface area contributed by atoms with Crippen molar-refractivity contribution in [1.29, 1.82) is 0 Å². The maximum absolute atomic E-state index is 6.92. The van der Waals surface area contributed by atoms with Gasteiger partial charge >= 0.3 is 0 Å². The first-order chi connectivity index (χ1) is 24.1. The Bertz CT molecular complexity index is 1770. The van der Waals surface area contributed by atoms with Crippen molar-refractivity contribution in [2.24, 2.45) is 5.41 Å². The SMILES string of the molecule is CCC[Si](C)(CCC)c1ccc2c3ccc([Si](C)(CCC)C(C)CC)cc3n(-c3cc(C(C)(C)CC(C)(C)C)ccc3OC3CCCCO3)c2c1. The van der Waals surface area contributed by atoms with E-state index in [9.17, 15) is 0 Å². The monoisotopic (exact) mass is 726 g/mol. The topological polar surface area (TPSA) is 23.4 Å². The van der Waals surface area contributed by atoms with Crippen molar-refractivity contribution in [2.75, 3.05) is 6.61 Å². The lowest BCUT2D eigenvalue weighted by Crippen LogP contribution is -2.47. The van der Waals surface area contributed by atoms with Gasteiger partial charge in [-0.3, -0.25) is 0 Å². The van der Waals surface area contributed by atoms with Gasteiger partial charge in [0.2, 0.25) is 0 Å². The summed E-state index contributed by atoms with van der Waals surface area (Å²) in [7, 11) is -3.42. The first kappa shape index (κ1) is 39.9. The molecule has 1 aliphatic rings. The van der Waals surface area contributed by atoms with E-state index in [0.29, 0.717) is 0 Å². The molecule has 1 fully saturated rings. The van der Waals surface area contributed by atoms with Crippen LogP contribution in [0.5, 0.6) is 5.75 Å². The standard InChI is InChI=1S/C46H71NO2Si2/c1-13-27-50(11,28-14-2)36-21-23-38-39-24-22-37(51(12,29-15-3)34(5)16-4)32-41(39)47(40(38)31-36)42-30-35(46(9,10)33-45(6,7)8)20-25-43(42)49-44-19-17-18-26-48-44/h20-25,30-32,34,44H,13-19,26-29,33H2,1-12H3. The van der Waals surface area contributed by atoms with Crippen LogP contribution >= 0.6 is 0 Å². The highest BCUT2D eigenvalue weighted by atomic mass is 28.3. The second kappa shape index (κ2) is 15.9. The van der Waals surface area contributed by atoms with Gasteiger partial charge in [-0.25, -0.2) is 0 Å². The van der Waals surface area contributed by atoms with Crippen LogP contribution in [0.2, 0.25) is 36.8 Å². The molecule has 3 aromatic carbocycles. The van der Waals surface area contributed by atoms with Gasteiger partial charge in [0.1, 0.15) is 5.75 Å². The lowest BCUT2D eigenvalue weighted by molar-refractivity contribution is -0.105. The minimum Gasteiger partial charge on any atom is -0.463 e. The summed E-state index contributed by atoms with van der Waals surface area (Å²) >= 11 is 0. The molecule has 5 heteroatoms. The Labute approximate surface area is 313 Å². The molecule has 51 heavy (non-hydrogen) atoms. The van der Waals surface area contributed by atoms with Crippen LogP contribution in [0.1, 0.15) is 126 Å². The van der Waals surface area contributed by atoms with E-state index in [-0.39, 0.29) is 17.1 Å². The number of hydrogen-bond donors (Lipinski definition) is 0. The fourth-order valence-electron chi connectivity index (χ4n) is 9.76. The van der Waals surface area contributed by atoms with Crippen LogP contribution < -0.4 is 15.1 Å². The van der Waals surface area contributed by atoms with Gasteiger partial charge in [-0.15, -0.1) is 0 Å². The molecule has 1 aromatic heterocycles. The van der Waals surface area contributed by atoms with Crippen LogP contribution in [-0.2, 0) is 10.2 Å². The van der Waals surface area contributed by atoms with Crippen LogP contribution in [0.25, 0.3) is 27.5 Å². The lowest BCUT2D eigenvalue weighted by atomic mass is 9.72. The van der Waals surface area contributed by atoms with Gasteiger partial charge in [0.05, 0.1) is 39.5 Å². The summed E-state index contributed by atoms with van der Waals surface area (Å²) in [6.45, 7) is 30.0. The van der Waals surface area contributed by atoms with Crippen LogP contribution in [0.3, 0.4) is 0 Å². The van der Waals surface area contributed by atoms with Crippen LogP contribution in [0, 0.1) is 5.41 Å². The van der Waals surface area contributed by atoms with E-state index in [1.54, 1.807) is 10.4 Å². The third kappa shape index (κ3) is 8.41. The highest BCUT2D eigenvalue weighted by molar-refractivity contribution is 6.92. The molecule has 1 aliphatic heterocycles. The molecule has 0 spiro atoms. The molecular formula is C46H71NO2Si2. The summed E-state index contributed by atoms with van der Waals surface area (Å²) in [5, 5.41) is 5.89. The summed E-state index contributed by atoms with van der Waals surface area (Å²) < 4.78 is 15.8. The molecule has 3 unspecified atom stereocenters. The second-order valence-corrected chi connectivity index (χ2v) is 28.2. The zero-order valence-electron chi connectivity index (χ0n) is 34.6. The molecule has 0 radical (unpaired) electrons. The zero-order chi connectivity index (χ0) is 37.2. The second-order valence-electron chi connectivity index (χ2n) is 18.6. The van der Waals surface area contributed by atoms with Crippen molar-refractivity contribution < 1.29 is 9.47 Å². The minimum absolute atomic E-state index is 0.00113. The zero-order valence-corrected chi connectivity index (χ0v) is 36.6. The predicted octanol–water partition coefficient (Wildman–Crippen LogP) is 13.0. The molecule has 4 aromatic rings. The number of benzene rings is 3. The van der Waals surface area contributed by atoms with E-state index in [2.05, 4.69) is 141 Å². The number of ether oxygens (including phenoxy) is 2. The van der Waals surface area contributed by atoms with Crippen LogP contribution in [-0.4, -0.2) is 33.6 Å². The summed E-state index contributed by atoms with van der Waals surface area (Å²) in [4.78, 5) is 0. The molecule has 280 valence electrons. The predicted molar refractivity (Wildman–Crippen MR) is 230 cm³/mol. The Hall–Kier alpha value is -2.35.